The van der Waals surface area contributed by atoms with Crippen LogP contribution in [-0.2, 0) is 19.1 Å². The van der Waals surface area contributed by atoms with E-state index in [1.54, 1.807) is 4.90 Å². The number of amides is 2. The number of hydrogen-bond acceptors (Lipinski definition) is 4. The Labute approximate surface area is 147 Å². The molecule has 0 bridgehead atoms. The molecule has 25 heavy (non-hydrogen) atoms. The lowest BCUT2D eigenvalue weighted by Crippen LogP contribution is -2.51. The van der Waals surface area contributed by atoms with E-state index < -0.39 is 11.2 Å². The summed E-state index contributed by atoms with van der Waals surface area (Å²) in [5.74, 6) is -0.737. The van der Waals surface area contributed by atoms with Crippen molar-refractivity contribution >= 4 is 17.5 Å². The zero-order valence-corrected chi connectivity index (χ0v) is 14.5. The van der Waals surface area contributed by atoms with Crippen molar-refractivity contribution in [3.63, 3.8) is 0 Å². The minimum absolute atomic E-state index is 0.0505. The third-order valence-electron chi connectivity index (χ3n) is 5.50. The third kappa shape index (κ3) is 3.04. The Kier molecular flexibility index (Phi) is 4.04. The van der Waals surface area contributed by atoms with Crippen LogP contribution in [0.15, 0.2) is 24.3 Å². The minimum atomic E-state index is -0.883. The summed E-state index contributed by atoms with van der Waals surface area (Å²) < 4.78 is 11.4. The van der Waals surface area contributed by atoms with Crippen LogP contribution in [0.5, 0.6) is 0 Å². The predicted molar refractivity (Wildman–Crippen MR) is 91.9 cm³/mol. The van der Waals surface area contributed by atoms with Crippen molar-refractivity contribution < 1.29 is 19.1 Å². The SMILES string of the molecule is Cc1cccc(NC(=O)C2(C(=O)N3CCC4(CC3)OCCO4)CC2)c1. The molecule has 0 aromatic heterocycles. The first-order valence-electron chi connectivity index (χ1n) is 8.99. The summed E-state index contributed by atoms with van der Waals surface area (Å²) in [5.41, 5.74) is 0.937. The van der Waals surface area contributed by atoms with Gasteiger partial charge >= 0.3 is 0 Å². The van der Waals surface area contributed by atoms with Crippen LogP contribution in [0.1, 0.15) is 31.2 Å². The van der Waals surface area contributed by atoms with Crippen LogP contribution in [0.4, 0.5) is 5.69 Å². The summed E-state index contributed by atoms with van der Waals surface area (Å²) in [6.45, 7) is 4.38. The van der Waals surface area contributed by atoms with Gasteiger partial charge in [0.1, 0.15) is 5.41 Å². The van der Waals surface area contributed by atoms with Crippen LogP contribution >= 0.6 is 0 Å². The van der Waals surface area contributed by atoms with Crippen LogP contribution in [0, 0.1) is 12.3 Å². The van der Waals surface area contributed by atoms with E-state index in [-0.39, 0.29) is 11.8 Å². The van der Waals surface area contributed by atoms with Gasteiger partial charge in [0.05, 0.1) is 13.2 Å². The van der Waals surface area contributed by atoms with Gasteiger partial charge in [0.15, 0.2) is 5.79 Å². The fourth-order valence-electron chi connectivity index (χ4n) is 3.78. The predicted octanol–water partition coefficient (Wildman–Crippen LogP) is 2.08. The van der Waals surface area contributed by atoms with E-state index in [1.165, 1.54) is 0 Å². The van der Waals surface area contributed by atoms with E-state index in [2.05, 4.69) is 5.32 Å². The Morgan fingerprint density at radius 1 is 1.08 bits per heavy atom. The molecule has 1 spiro atoms. The quantitative estimate of drug-likeness (QED) is 0.853. The van der Waals surface area contributed by atoms with Gasteiger partial charge in [0.25, 0.3) is 0 Å². The molecule has 1 aliphatic carbocycles. The molecule has 2 aliphatic heterocycles. The maximum Gasteiger partial charge on any atom is 0.240 e. The lowest BCUT2D eigenvalue weighted by atomic mass is 9.98. The highest BCUT2D eigenvalue weighted by atomic mass is 16.7. The number of carbonyl (C=O) groups is 2. The van der Waals surface area contributed by atoms with Gasteiger partial charge in [-0.1, -0.05) is 12.1 Å². The molecule has 134 valence electrons. The lowest BCUT2D eigenvalue weighted by molar-refractivity contribution is -0.188. The normalized spacial score (nSPS) is 23.5. The molecule has 4 rings (SSSR count). The number of anilines is 1. The van der Waals surface area contributed by atoms with Crippen molar-refractivity contribution in [2.24, 2.45) is 5.41 Å². The van der Waals surface area contributed by atoms with Crippen molar-refractivity contribution in [2.45, 2.75) is 38.4 Å². The van der Waals surface area contributed by atoms with E-state index in [1.807, 2.05) is 31.2 Å². The van der Waals surface area contributed by atoms with E-state index >= 15 is 0 Å². The van der Waals surface area contributed by atoms with Gasteiger partial charge in [-0.2, -0.15) is 0 Å². The summed E-state index contributed by atoms with van der Waals surface area (Å²) >= 11 is 0. The van der Waals surface area contributed by atoms with Gasteiger partial charge in [-0.05, 0) is 37.5 Å². The smallest absolute Gasteiger partial charge is 0.240 e. The molecule has 0 radical (unpaired) electrons. The summed E-state index contributed by atoms with van der Waals surface area (Å²) in [6.07, 6.45) is 2.60. The summed E-state index contributed by atoms with van der Waals surface area (Å²) in [5, 5.41) is 2.92. The summed E-state index contributed by atoms with van der Waals surface area (Å²) in [7, 11) is 0. The second kappa shape index (κ2) is 6.11. The molecular weight excluding hydrogens is 320 g/mol. The average Bonchev–Trinajstić information content (AvgIpc) is 3.31. The molecule has 1 saturated carbocycles. The Balaban J connectivity index is 1.40. The van der Waals surface area contributed by atoms with Crippen molar-refractivity contribution in [2.75, 3.05) is 31.6 Å². The average molecular weight is 344 g/mol. The molecule has 2 saturated heterocycles. The number of likely N-dealkylation sites (tertiary alicyclic amines) is 1. The van der Waals surface area contributed by atoms with Crippen molar-refractivity contribution in [1.29, 1.82) is 0 Å². The van der Waals surface area contributed by atoms with Crippen LogP contribution in [0.3, 0.4) is 0 Å². The van der Waals surface area contributed by atoms with E-state index in [9.17, 15) is 9.59 Å². The van der Waals surface area contributed by atoms with Crippen LogP contribution in [0.25, 0.3) is 0 Å². The van der Waals surface area contributed by atoms with Gasteiger partial charge in [-0.15, -0.1) is 0 Å². The third-order valence-corrected chi connectivity index (χ3v) is 5.50. The van der Waals surface area contributed by atoms with Crippen molar-refractivity contribution in [1.82, 2.24) is 4.90 Å². The Hall–Kier alpha value is -1.92. The lowest BCUT2D eigenvalue weighted by Gasteiger charge is -2.38. The van der Waals surface area contributed by atoms with Crippen LogP contribution in [0.2, 0.25) is 0 Å². The van der Waals surface area contributed by atoms with Crippen molar-refractivity contribution in [3.05, 3.63) is 29.8 Å². The molecular formula is C19H24N2O4. The van der Waals surface area contributed by atoms with E-state index in [0.717, 1.165) is 11.3 Å². The van der Waals surface area contributed by atoms with Crippen LogP contribution in [-0.4, -0.2) is 48.8 Å². The second-order valence-corrected chi connectivity index (χ2v) is 7.31. The maximum absolute atomic E-state index is 13.0. The van der Waals surface area contributed by atoms with Gasteiger partial charge < -0.3 is 19.7 Å². The Morgan fingerprint density at radius 3 is 2.36 bits per heavy atom. The largest absolute Gasteiger partial charge is 0.347 e. The fraction of sp³-hybridized carbons (Fsp3) is 0.579. The van der Waals surface area contributed by atoms with E-state index in [4.69, 9.17) is 9.47 Å². The zero-order chi connectivity index (χ0) is 17.5. The second-order valence-electron chi connectivity index (χ2n) is 7.31. The number of aryl methyl sites for hydroxylation is 1. The minimum Gasteiger partial charge on any atom is -0.347 e. The van der Waals surface area contributed by atoms with E-state index in [0.29, 0.717) is 52.0 Å². The van der Waals surface area contributed by atoms with Gasteiger partial charge in [0.2, 0.25) is 11.8 Å². The molecule has 2 heterocycles. The molecule has 1 aromatic carbocycles. The number of ether oxygens (including phenoxy) is 2. The van der Waals surface area contributed by atoms with Crippen molar-refractivity contribution in [3.8, 4) is 0 Å². The highest BCUT2D eigenvalue weighted by Crippen LogP contribution is 2.49. The molecule has 6 heteroatoms. The molecule has 1 aromatic rings. The topological polar surface area (TPSA) is 67.9 Å². The molecule has 2 amide bonds. The standard InChI is InChI=1S/C19H24N2O4/c1-14-3-2-4-15(13-14)20-16(22)18(5-6-18)17(23)21-9-7-19(8-10-21)24-11-12-25-19/h2-4,13H,5-12H2,1H3,(H,20,22). The fourth-order valence-corrected chi connectivity index (χ4v) is 3.78. The highest BCUT2D eigenvalue weighted by molar-refractivity contribution is 6.13. The first-order chi connectivity index (χ1) is 12.0. The van der Waals surface area contributed by atoms with Gasteiger partial charge in [0, 0.05) is 31.6 Å². The van der Waals surface area contributed by atoms with Gasteiger partial charge in [-0.25, -0.2) is 0 Å². The number of hydrogen-bond donors (Lipinski definition) is 1. The monoisotopic (exact) mass is 344 g/mol. The molecule has 3 fully saturated rings. The molecule has 6 nitrogen and oxygen atoms in total. The first kappa shape index (κ1) is 16.5. The summed E-state index contributed by atoms with van der Waals surface area (Å²) in [6, 6.07) is 7.64. The number of nitrogens with zero attached hydrogens (tertiary/aromatic N) is 1. The molecule has 3 aliphatic rings. The van der Waals surface area contributed by atoms with Crippen LogP contribution < -0.4 is 5.32 Å². The Morgan fingerprint density at radius 2 is 1.76 bits per heavy atom. The Bertz CT molecular complexity index is 682. The first-order valence-corrected chi connectivity index (χ1v) is 8.99. The molecule has 0 unspecified atom stereocenters. The number of rotatable bonds is 3. The molecule has 1 N–H and O–H groups in total. The number of nitrogens with one attached hydrogen (secondary N) is 1. The number of carbonyl (C=O) groups excluding carboxylic acids is 2. The summed E-state index contributed by atoms with van der Waals surface area (Å²) in [4.78, 5) is 27.5. The number of benzene rings is 1. The number of piperidine rings is 1. The highest BCUT2D eigenvalue weighted by Gasteiger charge is 2.58. The maximum atomic E-state index is 13.0. The molecule has 0 atom stereocenters. The zero-order valence-electron chi connectivity index (χ0n) is 14.5. The van der Waals surface area contributed by atoms with Gasteiger partial charge in [-0.3, -0.25) is 9.59 Å².